The van der Waals surface area contributed by atoms with Gasteiger partial charge in [0.05, 0.1) is 43.7 Å². The predicted molar refractivity (Wildman–Crippen MR) is 205 cm³/mol. The molecule has 0 heterocycles. The molecule has 3 unspecified atom stereocenters. The fourth-order valence-corrected chi connectivity index (χ4v) is 8.70. The van der Waals surface area contributed by atoms with E-state index >= 15 is 0 Å². The highest BCUT2D eigenvalue weighted by molar-refractivity contribution is 6.60. The highest BCUT2D eigenvalue weighted by Crippen LogP contribution is 2.16. The van der Waals surface area contributed by atoms with Crippen LogP contribution in [0.15, 0.2) is 0 Å². The Balaban J connectivity index is 4.62. The molecule has 3 atom stereocenters. The molecule has 0 saturated heterocycles. The molecule has 0 aliphatic carbocycles. The zero-order chi connectivity index (χ0) is 39.3. The first-order chi connectivity index (χ1) is 24.8. The third kappa shape index (κ3) is 25.8. The summed E-state index contributed by atoms with van der Waals surface area (Å²) in [7, 11) is 4.28. The summed E-state index contributed by atoms with van der Waals surface area (Å²) >= 11 is 0. The van der Waals surface area contributed by atoms with E-state index in [1.807, 2.05) is 20.8 Å². The van der Waals surface area contributed by atoms with E-state index in [2.05, 4.69) is 20.4 Å². The maximum absolute atomic E-state index is 10.7. The van der Waals surface area contributed by atoms with Gasteiger partial charge in [0.15, 0.2) is 0 Å². The summed E-state index contributed by atoms with van der Waals surface area (Å²) in [5.74, 6) is 0. The molecule has 0 amide bonds. The van der Waals surface area contributed by atoms with Crippen LogP contribution in [-0.4, -0.2) is 214 Å². The molecule has 0 aliphatic rings. The summed E-state index contributed by atoms with van der Waals surface area (Å²) in [5, 5.41) is 38.4. The molecular formula is C33H77N5O12Si2. The number of ether oxygens (including phenoxy) is 3. The molecule has 0 aromatic carbocycles. The SMILES string of the molecule is CO[Si](CCCOCC(O)CNCCN(CCNCCN(CCN)CC(O)COCCC[Si](OC)(OC)OC)CC(O)COC(C)(C)C)(OC)OC. The summed E-state index contributed by atoms with van der Waals surface area (Å²) in [6.45, 7) is 14.1. The van der Waals surface area contributed by atoms with Crippen LogP contribution in [0, 0.1) is 0 Å². The van der Waals surface area contributed by atoms with Gasteiger partial charge in [0.1, 0.15) is 0 Å². The van der Waals surface area contributed by atoms with Gasteiger partial charge in [-0.2, -0.15) is 0 Å². The lowest BCUT2D eigenvalue weighted by Crippen LogP contribution is -2.45. The lowest BCUT2D eigenvalue weighted by Gasteiger charge is -2.28. The van der Waals surface area contributed by atoms with E-state index in [0.717, 1.165) is 6.54 Å². The van der Waals surface area contributed by atoms with Crippen LogP contribution in [-0.2, 0) is 40.8 Å². The second-order valence-electron chi connectivity index (χ2n) is 13.7. The smallest absolute Gasteiger partial charge is 0.389 e. The third-order valence-corrected chi connectivity index (χ3v) is 14.0. The standard InChI is InChI=1S/C33H77N5O12Si2/c1-33(2,3)50-29-32(41)26-38(19-15-36-24-30(39)27-48-20-10-22-51(42-4,43-5)44-6)18-14-35-13-17-37(16-12-34)25-31(40)28-49-21-11-23-52(45-7,46-8)47-9/h30-32,35-36,39-41H,10-29,34H2,1-9H3. The Morgan fingerprint density at radius 1 is 0.596 bits per heavy atom. The Bertz CT molecular complexity index is 803. The van der Waals surface area contributed by atoms with E-state index in [4.69, 9.17) is 46.5 Å². The zero-order valence-corrected chi connectivity index (χ0v) is 35.9. The van der Waals surface area contributed by atoms with E-state index in [-0.39, 0.29) is 25.4 Å². The maximum atomic E-state index is 10.7. The largest absolute Gasteiger partial charge is 0.500 e. The minimum Gasteiger partial charge on any atom is -0.389 e. The van der Waals surface area contributed by atoms with Crippen molar-refractivity contribution in [3.63, 3.8) is 0 Å². The molecule has 0 bridgehead atoms. The highest BCUT2D eigenvalue weighted by Gasteiger charge is 2.37. The van der Waals surface area contributed by atoms with Gasteiger partial charge in [-0.1, -0.05) is 0 Å². The Labute approximate surface area is 316 Å². The lowest BCUT2D eigenvalue weighted by atomic mass is 10.2. The molecule has 19 heteroatoms. The fourth-order valence-electron chi connectivity index (χ4n) is 5.32. The van der Waals surface area contributed by atoms with E-state index in [1.165, 1.54) is 0 Å². The van der Waals surface area contributed by atoms with Gasteiger partial charge in [-0.05, 0) is 33.6 Å². The molecular weight excluding hydrogens is 715 g/mol. The van der Waals surface area contributed by atoms with Crippen LogP contribution in [0.5, 0.6) is 0 Å². The number of nitrogens with zero attached hydrogens (tertiary/aromatic N) is 2. The lowest BCUT2D eigenvalue weighted by molar-refractivity contribution is -0.0559. The Morgan fingerprint density at radius 2 is 1.00 bits per heavy atom. The topological polar surface area (TPSA) is 200 Å². The van der Waals surface area contributed by atoms with Crippen molar-refractivity contribution in [3.05, 3.63) is 0 Å². The van der Waals surface area contributed by atoms with E-state index in [9.17, 15) is 15.3 Å². The monoisotopic (exact) mass is 792 g/mol. The summed E-state index contributed by atoms with van der Waals surface area (Å²) in [4.78, 5) is 4.30. The van der Waals surface area contributed by atoms with Crippen LogP contribution in [0.25, 0.3) is 0 Å². The summed E-state index contributed by atoms with van der Waals surface area (Å²) in [6, 6.07) is 1.27. The van der Waals surface area contributed by atoms with Crippen LogP contribution >= 0.6 is 0 Å². The molecule has 52 heavy (non-hydrogen) atoms. The van der Waals surface area contributed by atoms with Crippen molar-refractivity contribution in [2.75, 3.05) is 148 Å². The van der Waals surface area contributed by atoms with Crippen molar-refractivity contribution in [1.82, 2.24) is 20.4 Å². The molecule has 17 nitrogen and oxygen atoms in total. The van der Waals surface area contributed by atoms with Gasteiger partial charge in [0, 0.05) is 140 Å². The first-order valence-electron chi connectivity index (χ1n) is 18.5. The molecule has 0 spiro atoms. The van der Waals surface area contributed by atoms with E-state index in [0.29, 0.717) is 104 Å². The van der Waals surface area contributed by atoms with Crippen LogP contribution in [0.1, 0.15) is 33.6 Å². The second-order valence-corrected chi connectivity index (χ2v) is 19.9. The second kappa shape index (κ2) is 30.9. The van der Waals surface area contributed by atoms with Crippen molar-refractivity contribution in [3.8, 4) is 0 Å². The Kier molecular flexibility index (Phi) is 30.8. The molecule has 0 aliphatic heterocycles. The number of aliphatic hydroxyl groups is 3. The quantitative estimate of drug-likeness (QED) is 0.0337. The van der Waals surface area contributed by atoms with Crippen LogP contribution in [0.3, 0.4) is 0 Å². The maximum Gasteiger partial charge on any atom is 0.500 e. The van der Waals surface area contributed by atoms with Gasteiger partial charge in [-0.25, -0.2) is 0 Å². The van der Waals surface area contributed by atoms with E-state index in [1.54, 1.807) is 42.7 Å². The predicted octanol–water partition coefficient (Wildman–Crippen LogP) is -0.804. The van der Waals surface area contributed by atoms with Crippen LogP contribution < -0.4 is 16.4 Å². The van der Waals surface area contributed by atoms with Crippen molar-refractivity contribution >= 4 is 17.6 Å². The van der Waals surface area contributed by atoms with Gasteiger partial charge >= 0.3 is 17.6 Å². The molecule has 0 rings (SSSR count). The number of aliphatic hydroxyl groups excluding tert-OH is 3. The average molecular weight is 792 g/mol. The molecule has 0 radical (unpaired) electrons. The Hall–Kier alpha value is -0.246. The first-order valence-corrected chi connectivity index (χ1v) is 22.3. The molecule has 7 N–H and O–H groups in total. The fraction of sp³-hybridized carbons (Fsp3) is 1.00. The average Bonchev–Trinajstić information content (AvgIpc) is 3.12. The van der Waals surface area contributed by atoms with Gasteiger partial charge in [-0.15, -0.1) is 0 Å². The number of nitrogens with one attached hydrogen (secondary N) is 2. The normalized spacial score (nSPS) is 14.8. The third-order valence-electron chi connectivity index (χ3n) is 8.32. The van der Waals surface area contributed by atoms with Gasteiger partial charge in [0.2, 0.25) is 0 Å². The van der Waals surface area contributed by atoms with Crippen molar-refractivity contribution in [1.29, 1.82) is 0 Å². The van der Waals surface area contributed by atoms with Crippen molar-refractivity contribution in [2.45, 2.75) is 69.6 Å². The Morgan fingerprint density at radius 3 is 1.42 bits per heavy atom. The van der Waals surface area contributed by atoms with Crippen molar-refractivity contribution in [2.24, 2.45) is 5.73 Å². The summed E-state index contributed by atoms with van der Waals surface area (Å²) < 4.78 is 49.7. The molecule has 0 aromatic rings. The summed E-state index contributed by atoms with van der Waals surface area (Å²) in [5.41, 5.74) is 5.51. The van der Waals surface area contributed by atoms with Gasteiger partial charge < -0.3 is 72.5 Å². The summed E-state index contributed by atoms with van der Waals surface area (Å²) in [6.07, 6.45) is -0.509. The minimum atomic E-state index is -2.62. The zero-order valence-electron chi connectivity index (χ0n) is 33.9. The number of hydrogen-bond donors (Lipinski definition) is 6. The minimum absolute atomic E-state index is 0.219. The first kappa shape index (κ1) is 51.8. The number of nitrogens with two attached hydrogens (primary N) is 1. The molecule has 314 valence electrons. The highest BCUT2D eigenvalue weighted by atomic mass is 28.4. The van der Waals surface area contributed by atoms with Gasteiger partial charge in [0.25, 0.3) is 0 Å². The van der Waals surface area contributed by atoms with E-state index < -0.39 is 35.9 Å². The van der Waals surface area contributed by atoms with Gasteiger partial charge in [-0.3, -0.25) is 9.80 Å². The molecule has 0 saturated carbocycles. The number of rotatable bonds is 37. The van der Waals surface area contributed by atoms with Crippen LogP contribution in [0.4, 0.5) is 0 Å². The molecule has 0 aromatic heterocycles. The van der Waals surface area contributed by atoms with Crippen molar-refractivity contribution < 1.29 is 56.1 Å². The number of hydrogen-bond acceptors (Lipinski definition) is 17. The van der Waals surface area contributed by atoms with Crippen LogP contribution in [0.2, 0.25) is 12.1 Å². The molecule has 0 fully saturated rings.